The van der Waals surface area contributed by atoms with Gasteiger partial charge in [0.2, 0.25) is 0 Å². The minimum Gasteiger partial charge on any atom is -0.337 e. The van der Waals surface area contributed by atoms with Crippen LogP contribution in [-0.2, 0) is 5.41 Å². The van der Waals surface area contributed by atoms with Crippen molar-refractivity contribution >= 4 is 24.0 Å². The summed E-state index contributed by atoms with van der Waals surface area (Å²) in [6.07, 6.45) is 0.966. The summed E-state index contributed by atoms with van der Waals surface area (Å²) in [5.41, 5.74) is 0.747. The molecule has 0 aliphatic carbocycles. The molecule has 2 heterocycles. The van der Waals surface area contributed by atoms with Gasteiger partial charge in [-0.15, -0.1) is 12.4 Å². The second-order valence-corrected chi connectivity index (χ2v) is 8.22. The molecule has 8 heteroatoms. The van der Waals surface area contributed by atoms with Crippen LogP contribution in [0.15, 0.2) is 18.2 Å². The molecule has 0 bridgehead atoms. The van der Waals surface area contributed by atoms with Gasteiger partial charge in [0.25, 0.3) is 11.6 Å². The number of nitrogens with one attached hydrogen (secondary N) is 1. The second kappa shape index (κ2) is 8.54. The number of carbonyl (C=O) groups is 1. The molecule has 1 unspecified atom stereocenters. The first-order chi connectivity index (χ1) is 12.3. The van der Waals surface area contributed by atoms with E-state index in [-0.39, 0.29) is 34.3 Å². The minimum absolute atomic E-state index is 0. The van der Waals surface area contributed by atoms with E-state index in [1.54, 1.807) is 12.1 Å². The van der Waals surface area contributed by atoms with E-state index < -0.39 is 0 Å². The molecule has 0 saturated carbocycles. The molecule has 1 aromatic rings. The van der Waals surface area contributed by atoms with Crippen molar-refractivity contribution in [3.05, 3.63) is 39.4 Å². The van der Waals surface area contributed by atoms with E-state index in [9.17, 15) is 14.9 Å². The Labute approximate surface area is 166 Å². The SMILES string of the molecule is CC(C)(C)c1ccc(C(=O)N2CCC(N3CCNCC3)C2)cc1[N+](=O)[O-].Cl. The Morgan fingerprint density at radius 1 is 1.22 bits per heavy atom. The summed E-state index contributed by atoms with van der Waals surface area (Å²) in [6.45, 7) is 11.2. The van der Waals surface area contributed by atoms with Crippen LogP contribution in [0.25, 0.3) is 0 Å². The number of rotatable bonds is 3. The second-order valence-electron chi connectivity index (χ2n) is 8.22. The van der Waals surface area contributed by atoms with Crippen LogP contribution in [0.4, 0.5) is 5.69 Å². The number of nitro benzene ring substituents is 1. The molecule has 3 rings (SSSR count). The molecule has 1 N–H and O–H groups in total. The van der Waals surface area contributed by atoms with E-state index in [2.05, 4.69) is 10.2 Å². The Balaban J connectivity index is 0.00000261. The smallest absolute Gasteiger partial charge is 0.273 e. The predicted octanol–water partition coefficient (Wildman–Crippen LogP) is 2.43. The van der Waals surface area contributed by atoms with E-state index in [0.717, 1.165) is 32.6 Å². The van der Waals surface area contributed by atoms with E-state index >= 15 is 0 Å². The number of carbonyl (C=O) groups excluding carboxylic acids is 1. The summed E-state index contributed by atoms with van der Waals surface area (Å²) in [7, 11) is 0. The molecule has 2 aliphatic heterocycles. The van der Waals surface area contributed by atoms with Gasteiger partial charge in [0.15, 0.2) is 0 Å². The van der Waals surface area contributed by atoms with E-state index in [0.29, 0.717) is 30.3 Å². The lowest BCUT2D eigenvalue weighted by Gasteiger charge is -2.32. The molecule has 1 atom stereocenters. The van der Waals surface area contributed by atoms with Crippen LogP contribution in [-0.4, -0.2) is 65.9 Å². The van der Waals surface area contributed by atoms with Gasteiger partial charge >= 0.3 is 0 Å². The highest BCUT2D eigenvalue weighted by molar-refractivity contribution is 5.95. The molecule has 1 amide bonds. The fraction of sp³-hybridized carbons (Fsp3) is 0.632. The maximum Gasteiger partial charge on any atom is 0.273 e. The molecule has 150 valence electrons. The average molecular weight is 397 g/mol. The minimum atomic E-state index is -0.384. The number of benzene rings is 1. The number of amides is 1. The fourth-order valence-electron chi connectivity index (χ4n) is 3.90. The van der Waals surface area contributed by atoms with Crippen molar-refractivity contribution < 1.29 is 9.72 Å². The van der Waals surface area contributed by atoms with Crippen LogP contribution in [0.5, 0.6) is 0 Å². The lowest BCUT2D eigenvalue weighted by molar-refractivity contribution is -0.386. The van der Waals surface area contributed by atoms with Gasteiger partial charge in [-0.2, -0.15) is 0 Å². The van der Waals surface area contributed by atoms with Gasteiger partial charge in [-0.3, -0.25) is 19.8 Å². The number of likely N-dealkylation sites (tertiary alicyclic amines) is 1. The van der Waals surface area contributed by atoms with Crippen LogP contribution < -0.4 is 5.32 Å². The van der Waals surface area contributed by atoms with Crippen molar-refractivity contribution in [2.24, 2.45) is 0 Å². The van der Waals surface area contributed by atoms with Crippen molar-refractivity contribution in [3.63, 3.8) is 0 Å². The summed E-state index contributed by atoms with van der Waals surface area (Å²) in [5, 5.41) is 14.8. The van der Waals surface area contributed by atoms with Crippen LogP contribution in [0.3, 0.4) is 0 Å². The first kappa shape index (κ1) is 21.6. The zero-order valence-electron chi connectivity index (χ0n) is 16.2. The summed E-state index contributed by atoms with van der Waals surface area (Å²) in [4.78, 5) is 28.3. The highest BCUT2D eigenvalue weighted by Gasteiger charge is 2.33. The Morgan fingerprint density at radius 2 is 1.89 bits per heavy atom. The number of hydrogen-bond acceptors (Lipinski definition) is 5. The summed E-state index contributed by atoms with van der Waals surface area (Å²) in [5.74, 6) is -0.105. The molecule has 0 radical (unpaired) electrons. The van der Waals surface area contributed by atoms with Crippen molar-refractivity contribution in [1.29, 1.82) is 0 Å². The van der Waals surface area contributed by atoms with Crippen LogP contribution in [0.2, 0.25) is 0 Å². The van der Waals surface area contributed by atoms with Crippen molar-refractivity contribution in [3.8, 4) is 0 Å². The van der Waals surface area contributed by atoms with E-state index in [1.807, 2.05) is 25.7 Å². The lowest BCUT2D eigenvalue weighted by atomic mass is 9.85. The van der Waals surface area contributed by atoms with Gasteiger partial charge in [0.05, 0.1) is 4.92 Å². The average Bonchev–Trinajstić information content (AvgIpc) is 3.10. The first-order valence-corrected chi connectivity index (χ1v) is 9.30. The summed E-state index contributed by atoms with van der Waals surface area (Å²) >= 11 is 0. The molecular formula is C19H29ClN4O3. The number of halogens is 1. The molecular weight excluding hydrogens is 368 g/mol. The quantitative estimate of drug-likeness (QED) is 0.627. The maximum absolute atomic E-state index is 12.9. The monoisotopic (exact) mass is 396 g/mol. The van der Waals surface area contributed by atoms with Crippen molar-refractivity contribution in [1.82, 2.24) is 15.1 Å². The molecule has 2 fully saturated rings. The van der Waals surface area contributed by atoms with Gasteiger partial charge < -0.3 is 10.2 Å². The maximum atomic E-state index is 12.9. The van der Waals surface area contributed by atoms with E-state index in [1.165, 1.54) is 6.07 Å². The molecule has 1 aromatic carbocycles. The topological polar surface area (TPSA) is 78.7 Å². The summed E-state index contributed by atoms with van der Waals surface area (Å²) in [6, 6.07) is 5.30. The first-order valence-electron chi connectivity index (χ1n) is 9.30. The van der Waals surface area contributed by atoms with Crippen LogP contribution in [0, 0.1) is 10.1 Å². The third-order valence-electron chi connectivity index (χ3n) is 5.37. The largest absolute Gasteiger partial charge is 0.337 e. The third kappa shape index (κ3) is 4.78. The molecule has 2 aliphatic rings. The van der Waals surface area contributed by atoms with E-state index in [4.69, 9.17) is 0 Å². The Hall–Kier alpha value is -1.70. The number of nitrogens with zero attached hydrogens (tertiary/aromatic N) is 3. The highest BCUT2D eigenvalue weighted by Crippen LogP contribution is 2.32. The number of nitro groups is 1. The third-order valence-corrected chi connectivity index (χ3v) is 5.37. The zero-order valence-corrected chi connectivity index (χ0v) is 17.1. The van der Waals surface area contributed by atoms with Gasteiger partial charge in [-0.1, -0.05) is 26.8 Å². The molecule has 0 aromatic heterocycles. The Bertz CT molecular complexity index is 699. The molecule has 2 saturated heterocycles. The van der Waals surface area contributed by atoms with Gasteiger partial charge in [0, 0.05) is 62.5 Å². The van der Waals surface area contributed by atoms with Crippen molar-refractivity contribution in [2.75, 3.05) is 39.3 Å². The lowest BCUT2D eigenvalue weighted by Crippen LogP contribution is -2.49. The fourth-order valence-corrected chi connectivity index (χ4v) is 3.90. The standard InChI is InChI=1S/C19H28N4O3.ClH/c1-19(2,3)16-5-4-14(12-17(16)23(25)26)18(24)22-9-6-15(13-22)21-10-7-20-8-11-21;/h4-5,12,15,20H,6-11,13H2,1-3H3;1H. The number of piperazine rings is 1. The Kier molecular flexibility index (Phi) is 6.83. The zero-order chi connectivity index (χ0) is 18.9. The normalized spacial score (nSPS) is 21.0. The van der Waals surface area contributed by atoms with Gasteiger partial charge in [0.1, 0.15) is 0 Å². The Morgan fingerprint density at radius 3 is 2.48 bits per heavy atom. The molecule has 27 heavy (non-hydrogen) atoms. The van der Waals surface area contributed by atoms with Crippen molar-refractivity contribution in [2.45, 2.75) is 38.6 Å². The van der Waals surface area contributed by atoms with Gasteiger partial charge in [-0.25, -0.2) is 0 Å². The summed E-state index contributed by atoms with van der Waals surface area (Å²) < 4.78 is 0. The highest BCUT2D eigenvalue weighted by atomic mass is 35.5. The molecule has 7 nitrogen and oxygen atoms in total. The predicted molar refractivity (Wildman–Crippen MR) is 108 cm³/mol. The van der Waals surface area contributed by atoms with Gasteiger partial charge in [-0.05, 0) is 17.9 Å². The van der Waals surface area contributed by atoms with Crippen LogP contribution in [0.1, 0.15) is 43.1 Å². The van der Waals surface area contributed by atoms with Crippen LogP contribution >= 0.6 is 12.4 Å². The molecule has 0 spiro atoms. The number of hydrogen-bond donors (Lipinski definition) is 1.